The van der Waals surface area contributed by atoms with Crippen LogP contribution in [0.2, 0.25) is 0 Å². The number of fused-ring (bicyclic) bond motifs is 1. The Bertz CT molecular complexity index is 942. The summed E-state index contributed by atoms with van der Waals surface area (Å²) in [7, 11) is -2.09. The van der Waals surface area contributed by atoms with Crippen LogP contribution in [0.5, 0.6) is 0 Å². The van der Waals surface area contributed by atoms with E-state index in [2.05, 4.69) is 5.32 Å². The summed E-state index contributed by atoms with van der Waals surface area (Å²) >= 11 is 0. The van der Waals surface area contributed by atoms with E-state index in [1.165, 1.54) is 4.31 Å². The maximum absolute atomic E-state index is 13.4. The molecule has 0 bridgehead atoms. The number of carbonyl (C=O) groups excluding carboxylic acids is 1. The van der Waals surface area contributed by atoms with Crippen LogP contribution >= 0.6 is 0 Å². The summed E-state index contributed by atoms with van der Waals surface area (Å²) in [5, 5.41) is 2.87. The zero-order chi connectivity index (χ0) is 20.9. The second-order valence-corrected chi connectivity index (χ2v) is 9.18. The van der Waals surface area contributed by atoms with Gasteiger partial charge in [0.2, 0.25) is 15.9 Å². The van der Waals surface area contributed by atoms with E-state index in [4.69, 9.17) is 4.74 Å². The zero-order valence-electron chi connectivity index (χ0n) is 16.9. The Morgan fingerprint density at radius 1 is 1.17 bits per heavy atom. The number of hydrogen-bond donors (Lipinski definition) is 1. The van der Waals surface area contributed by atoms with Gasteiger partial charge in [0.15, 0.2) is 0 Å². The second-order valence-electron chi connectivity index (χ2n) is 7.29. The molecule has 0 aromatic heterocycles. The lowest BCUT2D eigenvalue weighted by Gasteiger charge is -2.36. The molecule has 0 saturated carbocycles. The van der Waals surface area contributed by atoms with Gasteiger partial charge in [-0.1, -0.05) is 42.0 Å². The number of hydrogen-bond acceptors (Lipinski definition) is 4. The number of benzene rings is 2. The SMILES string of the molecule is COCCCNC(=O)C[C@@H]1c2ccccc2CCN1S(=O)(=O)c1ccc(C)cc1. The Labute approximate surface area is 172 Å². The first-order chi connectivity index (χ1) is 13.9. The van der Waals surface area contributed by atoms with Crippen LogP contribution in [-0.2, 0) is 26.0 Å². The first kappa shape index (κ1) is 21.5. The molecule has 0 saturated heterocycles. The third kappa shape index (κ3) is 5.04. The number of methoxy groups -OCH3 is 1. The van der Waals surface area contributed by atoms with Crippen LogP contribution in [0.15, 0.2) is 53.4 Å². The molecule has 1 heterocycles. The Morgan fingerprint density at radius 3 is 2.62 bits per heavy atom. The molecule has 0 spiro atoms. The summed E-state index contributed by atoms with van der Waals surface area (Å²) in [6.07, 6.45) is 1.44. The lowest BCUT2D eigenvalue weighted by atomic mass is 9.92. The van der Waals surface area contributed by atoms with Crippen LogP contribution in [0.3, 0.4) is 0 Å². The Morgan fingerprint density at radius 2 is 1.90 bits per heavy atom. The molecule has 29 heavy (non-hydrogen) atoms. The quantitative estimate of drug-likeness (QED) is 0.672. The summed E-state index contributed by atoms with van der Waals surface area (Å²) < 4.78 is 33.2. The summed E-state index contributed by atoms with van der Waals surface area (Å²) in [5.74, 6) is -0.160. The van der Waals surface area contributed by atoms with Crippen molar-refractivity contribution >= 4 is 15.9 Å². The highest BCUT2D eigenvalue weighted by Crippen LogP contribution is 2.36. The van der Waals surface area contributed by atoms with E-state index in [1.807, 2.05) is 31.2 Å². The Balaban J connectivity index is 1.87. The molecule has 3 rings (SSSR count). The Hall–Kier alpha value is -2.22. The number of carbonyl (C=O) groups is 1. The standard InChI is InChI=1S/C22H28N2O4S/c1-17-8-10-19(11-9-17)29(26,27)24-14-12-18-6-3-4-7-20(18)21(24)16-22(25)23-13-5-15-28-2/h3-4,6-11,21H,5,12-16H2,1-2H3,(H,23,25)/t21-/m1/s1. The second kappa shape index (κ2) is 9.52. The largest absolute Gasteiger partial charge is 0.385 e. The highest BCUT2D eigenvalue weighted by atomic mass is 32.2. The van der Waals surface area contributed by atoms with Gasteiger partial charge in [0.1, 0.15) is 0 Å². The summed E-state index contributed by atoms with van der Waals surface area (Å²) in [6, 6.07) is 14.1. The molecule has 7 heteroatoms. The third-order valence-corrected chi connectivity index (χ3v) is 7.14. The monoisotopic (exact) mass is 416 g/mol. The molecule has 0 fully saturated rings. The maximum atomic E-state index is 13.4. The van der Waals surface area contributed by atoms with Crippen molar-refractivity contribution in [1.82, 2.24) is 9.62 Å². The highest BCUT2D eigenvalue weighted by Gasteiger charge is 2.37. The fraction of sp³-hybridized carbons (Fsp3) is 0.409. The predicted octanol–water partition coefficient (Wildman–Crippen LogP) is 2.83. The Kier molecular flexibility index (Phi) is 7.05. The van der Waals surface area contributed by atoms with E-state index in [0.717, 1.165) is 23.1 Å². The van der Waals surface area contributed by atoms with Crippen molar-refractivity contribution in [3.63, 3.8) is 0 Å². The van der Waals surface area contributed by atoms with Crippen LogP contribution in [0.1, 0.15) is 35.6 Å². The number of amides is 1. The fourth-order valence-electron chi connectivity index (χ4n) is 3.67. The van der Waals surface area contributed by atoms with Gasteiger partial charge in [-0.2, -0.15) is 4.31 Å². The molecule has 1 aliphatic heterocycles. The molecule has 0 radical (unpaired) electrons. The van der Waals surface area contributed by atoms with Crippen molar-refractivity contribution in [3.05, 3.63) is 65.2 Å². The number of aryl methyl sites for hydroxylation is 1. The van der Waals surface area contributed by atoms with Crippen molar-refractivity contribution in [3.8, 4) is 0 Å². The third-order valence-electron chi connectivity index (χ3n) is 5.22. The smallest absolute Gasteiger partial charge is 0.243 e. The molecule has 2 aromatic carbocycles. The average Bonchev–Trinajstić information content (AvgIpc) is 2.71. The van der Waals surface area contributed by atoms with Gasteiger partial charge < -0.3 is 10.1 Å². The van der Waals surface area contributed by atoms with E-state index in [1.54, 1.807) is 31.4 Å². The van der Waals surface area contributed by atoms with Crippen molar-refractivity contribution < 1.29 is 17.9 Å². The molecule has 6 nitrogen and oxygen atoms in total. The van der Waals surface area contributed by atoms with Gasteiger partial charge in [-0.3, -0.25) is 4.79 Å². The number of ether oxygens (including phenoxy) is 1. The van der Waals surface area contributed by atoms with E-state index in [-0.39, 0.29) is 17.2 Å². The predicted molar refractivity (Wildman–Crippen MR) is 112 cm³/mol. The van der Waals surface area contributed by atoms with Crippen molar-refractivity contribution in [2.75, 3.05) is 26.8 Å². The molecule has 1 amide bonds. The van der Waals surface area contributed by atoms with Gasteiger partial charge in [0.25, 0.3) is 0 Å². The molecule has 2 aromatic rings. The molecule has 0 aliphatic carbocycles. The highest BCUT2D eigenvalue weighted by molar-refractivity contribution is 7.89. The van der Waals surface area contributed by atoms with Crippen molar-refractivity contribution in [2.24, 2.45) is 0 Å². The molecular weight excluding hydrogens is 388 g/mol. The minimum absolute atomic E-state index is 0.0923. The maximum Gasteiger partial charge on any atom is 0.243 e. The lowest BCUT2D eigenvalue weighted by molar-refractivity contribution is -0.122. The van der Waals surface area contributed by atoms with Crippen molar-refractivity contribution in [1.29, 1.82) is 0 Å². The summed E-state index contributed by atoms with van der Waals surface area (Å²) in [5.41, 5.74) is 3.00. The number of sulfonamides is 1. The average molecular weight is 417 g/mol. The molecule has 1 aliphatic rings. The lowest BCUT2D eigenvalue weighted by Crippen LogP contribution is -2.42. The summed E-state index contributed by atoms with van der Waals surface area (Å²) in [4.78, 5) is 12.8. The number of rotatable bonds is 8. The van der Waals surface area contributed by atoms with Crippen LogP contribution < -0.4 is 5.32 Å². The number of nitrogens with zero attached hydrogens (tertiary/aromatic N) is 1. The van der Waals surface area contributed by atoms with E-state index < -0.39 is 16.1 Å². The minimum Gasteiger partial charge on any atom is -0.385 e. The zero-order valence-corrected chi connectivity index (χ0v) is 17.7. The van der Waals surface area contributed by atoms with Gasteiger partial charge in [-0.05, 0) is 43.0 Å². The van der Waals surface area contributed by atoms with Crippen molar-refractivity contribution in [2.45, 2.75) is 37.1 Å². The van der Waals surface area contributed by atoms with Gasteiger partial charge in [0.05, 0.1) is 10.9 Å². The number of nitrogens with one attached hydrogen (secondary N) is 1. The van der Waals surface area contributed by atoms with Crippen LogP contribution in [0.4, 0.5) is 0 Å². The summed E-state index contributed by atoms with van der Waals surface area (Å²) in [6.45, 7) is 3.35. The first-order valence-corrected chi connectivity index (χ1v) is 11.3. The normalized spacial score (nSPS) is 17.0. The van der Waals surface area contributed by atoms with Gasteiger partial charge in [-0.25, -0.2) is 8.42 Å². The molecule has 156 valence electrons. The topological polar surface area (TPSA) is 75.7 Å². The molecular formula is C22H28N2O4S. The minimum atomic E-state index is -3.71. The van der Waals surface area contributed by atoms with Crippen LogP contribution in [-0.4, -0.2) is 45.4 Å². The van der Waals surface area contributed by atoms with E-state index in [9.17, 15) is 13.2 Å². The fourth-order valence-corrected chi connectivity index (χ4v) is 5.27. The van der Waals surface area contributed by atoms with Gasteiger partial charge >= 0.3 is 0 Å². The van der Waals surface area contributed by atoms with Gasteiger partial charge in [-0.15, -0.1) is 0 Å². The van der Waals surface area contributed by atoms with E-state index in [0.29, 0.717) is 26.1 Å². The van der Waals surface area contributed by atoms with Gasteiger partial charge in [0, 0.05) is 33.2 Å². The first-order valence-electron chi connectivity index (χ1n) is 9.85. The van der Waals surface area contributed by atoms with Crippen LogP contribution in [0, 0.1) is 6.92 Å². The molecule has 1 N–H and O–H groups in total. The van der Waals surface area contributed by atoms with Crippen LogP contribution in [0.25, 0.3) is 0 Å². The van der Waals surface area contributed by atoms with E-state index >= 15 is 0 Å². The molecule has 1 atom stereocenters. The molecule has 0 unspecified atom stereocenters.